The summed E-state index contributed by atoms with van der Waals surface area (Å²) in [4.78, 5) is 16.1. The molecule has 0 unspecified atom stereocenters. The highest BCUT2D eigenvalue weighted by Crippen LogP contribution is 2.15. The van der Waals surface area contributed by atoms with E-state index in [1.54, 1.807) is 31.3 Å². The third-order valence-corrected chi connectivity index (χ3v) is 2.89. The largest absolute Gasteiger partial charge is 0.384 e. The van der Waals surface area contributed by atoms with E-state index in [4.69, 9.17) is 18.0 Å². The Kier molecular flexibility index (Phi) is 3.01. The Morgan fingerprint density at radius 2 is 2.00 bits per heavy atom. The van der Waals surface area contributed by atoms with Crippen LogP contribution in [0, 0.1) is 4.77 Å². The van der Waals surface area contributed by atoms with Crippen LogP contribution in [0.5, 0.6) is 0 Å². The molecule has 2 rings (SSSR count). The Bertz CT molecular complexity index is 619. The van der Waals surface area contributed by atoms with Gasteiger partial charge in [-0.2, -0.15) is 0 Å². The number of anilines is 1. The van der Waals surface area contributed by atoms with Gasteiger partial charge in [-0.25, -0.2) is 4.98 Å². The molecule has 1 aromatic heterocycles. The maximum absolute atomic E-state index is 12.2. The van der Waals surface area contributed by atoms with Gasteiger partial charge >= 0.3 is 0 Å². The fourth-order valence-electron chi connectivity index (χ4n) is 1.48. The minimum Gasteiger partial charge on any atom is -0.384 e. The quantitative estimate of drug-likeness (QED) is 0.649. The Balaban J connectivity index is 2.53. The predicted molar refractivity (Wildman–Crippen MR) is 68.3 cm³/mol. The number of hydrogen-bond donors (Lipinski definition) is 1. The summed E-state index contributed by atoms with van der Waals surface area (Å²) >= 11 is 4.96. The van der Waals surface area contributed by atoms with E-state index in [0.29, 0.717) is 21.7 Å². The van der Waals surface area contributed by atoms with Crippen molar-refractivity contribution in [2.45, 2.75) is 0 Å². The summed E-state index contributed by atoms with van der Waals surface area (Å²) in [5, 5.41) is 0. The number of ketones is 1. The van der Waals surface area contributed by atoms with Crippen molar-refractivity contribution in [3.8, 4) is 0 Å². The molecule has 86 valence electrons. The topological polar surface area (TPSA) is 60.9 Å². The van der Waals surface area contributed by atoms with Crippen molar-refractivity contribution in [1.29, 1.82) is 0 Å². The summed E-state index contributed by atoms with van der Waals surface area (Å²) in [5.41, 5.74) is 6.81. The molecule has 0 amide bonds. The summed E-state index contributed by atoms with van der Waals surface area (Å²) in [6.07, 6.45) is 1.42. The molecule has 0 radical (unpaired) electrons. The Morgan fingerprint density at radius 3 is 2.65 bits per heavy atom. The molecule has 0 aliphatic heterocycles. The van der Waals surface area contributed by atoms with E-state index in [1.807, 2.05) is 6.07 Å². The lowest BCUT2D eigenvalue weighted by Gasteiger charge is -2.08. The fourth-order valence-corrected chi connectivity index (χ4v) is 1.63. The Morgan fingerprint density at radius 1 is 1.35 bits per heavy atom. The smallest absolute Gasteiger partial charge is 0.200 e. The third kappa shape index (κ3) is 2.09. The second-order valence-corrected chi connectivity index (χ2v) is 3.96. The first kappa shape index (κ1) is 11.5. The van der Waals surface area contributed by atoms with Gasteiger partial charge in [-0.1, -0.05) is 30.3 Å². The van der Waals surface area contributed by atoms with Gasteiger partial charge in [0.05, 0.1) is 5.56 Å². The zero-order valence-corrected chi connectivity index (χ0v) is 10.1. The third-order valence-electron chi connectivity index (χ3n) is 2.51. The normalized spacial score (nSPS) is 10.2. The van der Waals surface area contributed by atoms with Crippen LogP contribution in [0.25, 0.3) is 0 Å². The highest BCUT2D eigenvalue weighted by Gasteiger charge is 2.14. The molecule has 2 aromatic rings. The van der Waals surface area contributed by atoms with Gasteiger partial charge in [0.25, 0.3) is 0 Å². The molecule has 5 heteroatoms. The maximum atomic E-state index is 12.2. The van der Waals surface area contributed by atoms with Gasteiger partial charge in [0.1, 0.15) is 5.82 Å². The van der Waals surface area contributed by atoms with Crippen molar-refractivity contribution >= 4 is 23.8 Å². The molecule has 0 aliphatic rings. The number of benzene rings is 1. The number of nitrogens with zero attached hydrogens (tertiary/aromatic N) is 2. The van der Waals surface area contributed by atoms with Crippen molar-refractivity contribution in [2.75, 3.05) is 5.73 Å². The molecule has 0 aliphatic carbocycles. The van der Waals surface area contributed by atoms with E-state index in [-0.39, 0.29) is 5.78 Å². The molecule has 1 heterocycles. The van der Waals surface area contributed by atoms with E-state index in [9.17, 15) is 4.79 Å². The van der Waals surface area contributed by atoms with Gasteiger partial charge in [-0.15, -0.1) is 0 Å². The van der Waals surface area contributed by atoms with Crippen LogP contribution < -0.4 is 5.73 Å². The van der Waals surface area contributed by atoms with Gasteiger partial charge in [-0.05, 0) is 12.2 Å². The zero-order valence-electron chi connectivity index (χ0n) is 9.25. The lowest BCUT2D eigenvalue weighted by atomic mass is 10.1. The summed E-state index contributed by atoms with van der Waals surface area (Å²) in [6.45, 7) is 0. The number of hydrogen-bond acceptors (Lipinski definition) is 4. The molecule has 0 saturated heterocycles. The molecular formula is C12H11N3OS. The molecule has 0 atom stereocenters. The van der Waals surface area contributed by atoms with E-state index in [0.717, 1.165) is 0 Å². The van der Waals surface area contributed by atoms with Gasteiger partial charge in [0, 0.05) is 18.8 Å². The van der Waals surface area contributed by atoms with Crippen molar-refractivity contribution in [3.05, 3.63) is 52.4 Å². The predicted octanol–water partition coefficient (Wildman–Crippen LogP) is 1.96. The Labute approximate surface area is 104 Å². The SMILES string of the molecule is Cn1c(N)c(C(=O)c2ccccc2)cnc1=S. The summed E-state index contributed by atoms with van der Waals surface area (Å²) in [6, 6.07) is 8.94. The summed E-state index contributed by atoms with van der Waals surface area (Å²) in [5.74, 6) is 0.181. The average molecular weight is 245 g/mol. The number of nitrogens with two attached hydrogens (primary N) is 1. The standard InChI is InChI=1S/C12H11N3OS/c1-15-11(13)9(7-14-12(15)17)10(16)8-5-3-2-4-6-8/h2-7H,13H2,1H3. The number of carbonyl (C=O) groups is 1. The van der Waals surface area contributed by atoms with Gasteiger partial charge in [0.15, 0.2) is 5.78 Å². The average Bonchev–Trinajstić information content (AvgIpc) is 2.36. The van der Waals surface area contributed by atoms with Crippen molar-refractivity contribution in [3.63, 3.8) is 0 Å². The van der Waals surface area contributed by atoms with Crippen LogP contribution in [0.1, 0.15) is 15.9 Å². The van der Waals surface area contributed by atoms with Crippen LogP contribution in [0.3, 0.4) is 0 Å². The highest BCUT2D eigenvalue weighted by atomic mass is 32.1. The van der Waals surface area contributed by atoms with Gasteiger partial charge < -0.3 is 10.3 Å². The van der Waals surface area contributed by atoms with Crippen LogP contribution in [-0.2, 0) is 7.05 Å². The van der Waals surface area contributed by atoms with Crippen LogP contribution in [0.15, 0.2) is 36.5 Å². The van der Waals surface area contributed by atoms with Crippen LogP contribution in [0.2, 0.25) is 0 Å². The molecule has 0 spiro atoms. The van der Waals surface area contributed by atoms with E-state index >= 15 is 0 Å². The first-order chi connectivity index (χ1) is 8.11. The maximum Gasteiger partial charge on any atom is 0.200 e. The van der Waals surface area contributed by atoms with Crippen molar-refractivity contribution < 1.29 is 4.79 Å². The van der Waals surface area contributed by atoms with Crippen molar-refractivity contribution in [2.24, 2.45) is 7.05 Å². The molecule has 4 nitrogen and oxygen atoms in total. The second kappa shape index (κ2) is 4.47. The van der Waals surface area contributed by atoms with E-state index in [1.165, 1.54) is 10.8 Å². The molecule has 17 heavy (non-hydrogen) atoms. The molecule has 1 aromatic carbocycles. The van der Waals surface area contributed by atoms with Crippen LogP contribution >= 0.6 is 12.2 Å². The van der Waals surface area contributed by atoms with E-state index in [2.05, 4.69) is 4.98 Å². The number of rotatable bonds is 2. The van der Waals surface area contributed by atoms with Crippen LogP contribution in [-0.4, -0.2) is 15.3 Å². The Hall–Kier alpha value is -2.01. The number of nitrogen functional groups attached to an aromatic ring is 1. The zero-order chi connectivity index (χ0) is 12.4. The molecule has 0 fully saturated rings. The first-order valence-electron chi connectivity index (χ1n) is 5.02. The summed E-state index contributed by atoms with van der Waals surface area (Å²) in [7, 11) is 1.69. The minimum absolute atomic E-state index is 0.152. The molecule has 0 bridgehead atoms. The van der Waals surface area contributed by atoms with Crippen molar-refractivity contribution in [1.82, 2.24) is 9.55 Å². The minimum atomic E-state index is -0.152. The molecule has 0 saturated carbocycles. The lowest BCUT2D eigenvalue weighted by Crippen LogP contribution is -2.12. The monoisotopic (exact) mass is 245 g/mol. The van der Waals surface area contributed by atoms with Crippen LogP contribution in [0.4, 0.5) is 5.82 Å². The van der Waals surface area contributed by atoms with Gasteiger partial charge in [-0.3, -0.25) is 4.79 Å². The molecule has 2 N–H and O–H groups in total. The van der Waals surface area contributed by atoms with E-state index < -0.39 is 0 Å². The first-order valence-corrected chi connectivity index (χ1v) is 5.43. The lowest BCUT2D eigenvalue weighted by molar-refractivity contribution is 0.103. The fraction of sp³-hybridized carbons (Fsp3) is 0.0833. The highest BCUT2D eigenvalue weighted by molar-refractivity contribution is 7.71. The van der Waals surface area contributed by atoms with Gasteiger partial charge in [0.2, 0.25) is 4.77 Å². The number of aromatic nitrogens is 2. The second-order valence-electron chi connectivity index (χ2n) is 3.59. The summed E-state index contributed by atoms with van der Waals surface area (Å²) < 4.78 is 1.87. The molecular weight excluding hydrogens is 234 g/mol. The number of carbonyl (C=O) groups excluding carboxylic acids is 1.